The van der Waals surface area contributed by atoms with E-state index in [9.17, 15) is 4.79 Å². The van der Waals surface area contributed by atoms with Crippen LogP contribution in [0.1, 0.15) is 18.5 Å². The summed E-state index contributed by atoms with van der Waals surface area (Å²) in [7, 11) is 1.66. The Hall–Kier alpha value is -2.14. The maximum absolute atomic E-state index is 12.1. The minimum absolute atomic E-state index is 0.268. The summed E-state index contributed by atoms with van der Waals surface area (Å²) < 4.78 is 3.77. The highest BCUT2D eigenvalue weighted by Gasteiger charge is 2.19. The van der Waals surface area contributed by atoms with E-state index >= 15 is 0 Å². The highest BCUT2D eigenvalue weighted by Crippen LogP contribution is 2.16. The first kappa shape index (κ1) is 13.3. The minimum atomic E-state index is -0.493. The van der Waals surface area contributed by atoms with Gasteiger partial charge in [0, 0.05) is 13.2 Å². The van der Waals surface area contributed by atoms with E-state index in [0.717, 1.165) is 4.47 Å². The number of hydrogen-bond donors (Lipinski definition) is 1. The molecule has 19 heavy (non-hydrogen) atoms. The summed E-state index contributed by atoms with van der Waals surface area (Å²) in [6.07, 6.45) is 4.72. The van der Waals surface area contributed by atoms with Crippen molar-refractivity contribution in [2.45, 2.75) is 13.0 Å². The van der Waals surface area contributed by atoms with Crippen molar-refractivity contribution >= 4 is 27.7 Å². The summed E-state index contributed by atoms with van der Waals surface area (Å²) in [4.78, 5) is 12.1. The monoisotopic (exact) mass is 322 g/mol. The number of aryl methyl sites for hydroxylation is 1. The molecule has 2 aromatic heterocycles. The second-order valence-electron chi connectivity index (χ2n) is 3.95. The largest absolute Gasteiger partial charge is 0.308 e. The van der Waals surface area contributed by atoms with Crippen LogP contribution in [0.25, 0.3) is 0 Å². The van der Waals surface area contributed by atoms with Gasteiger partial charge in [-0.3, -0.25) is 14.2 Å². The molecule has 8 heteroatoms. The van der Waals surface area contributed by atoms with Gasteiger partial charge < -0.3 is 5.32 Å². The fraction of sp³-hybridized carbons (Fsp3) is 0.273. The molecule has 0 aliphatic rings. The van der Waals surface area contributed by atoms with Crippen molar-refractivity contribution in [1.29, 1.82) is 5.26 Å². The lowest BCUT2D eigenvalue weighted by Crippen LogP contribution is -2.25. The predicted molar refractivity (Wildman–Crippen MR) is 71.2 cm³/mol. The van der Waals surface area contributed by atoms with Crippen LogP contribution < -0.4 is 5.32 Å². The van der Waals surface area contributed by atoms with Crippen molar-refractivity contribution in [3.8, 4) is 6.07 Å². The lowest BCUT2D eigenvalue weighted by molar-refractivity contribution is -0.119. The number of halogens is 1. The summed E-state index contributed by atoms with van der Waals surface area (Å²) in [5, 5.41) is 19.6. The van der Waals surface area contributed by atoms with Gasteiger partial charge in [-0.15, -0.1) is 0 Å². The summed E-state index contributed by atoms with van der Waals surface area (Å²) in [5.41, 5.74) is 0.324. The van der Waals surface area contributed by atoms with Gasteiger partial charge >= 0.3 is 0 Å². The minimum Gasteiger partial charge on any atom is -0.308 e. The van der Waals surface area contributed by atoms with Gasteiger partial charge in [-0.1, -0.05) is 0 Å². The van der Waals surface area contributed by atoms with Crippen molar-refractivity contribution < 1.29 is 4.79 Å². The zero-order valence-electron chi connectivity index (χ0n) is 10.3. The van der Waals surface area contributed by atoms with E-state index in [1.807, 2.05) is 6.07 Å². The highest BCUT2D eigenvalue weighted by molar-refractivity contribution is 9.10. The van der Waals surface area contributed by atoms with Crippen LogP contribution in [0.5, 0.6) is 0 Å². The highest BCUT2D eigenvalue weighted by atomic mass is 79.9. The fourth-order valence-electron chi connectivity index (χ4n) is 1.54. The zero-order chi connectivity index (χ0) is 14.0. The van der Waals surface area contributed by atoms with Gasteiger partial charge in [0.1, 0.15) is 23.5 Å². The molecule has 1 unspecified atom stereocenters. The van der Waals surface area contributed by atoms with Crippen LogP contribution >= 0.6 is 15.9 Å². The molecule has 0 aliphatic carbocycles. The first-order valence-corrected chi connectivity index (χ1v) is 6.25. The van der Waals surface area contributed by atoms with Crippen LogP contribution in [0.15, 0.2) is 23.1 Å². The number of amides is 1. The second-order valence-corrected chi connectivity index (χ2v) is 4.86. The number of nitrogens with one attached hydrogen (secondary N) is 1. The van der Waals surface area contributed by atoms with E-state index in [1.54, 1.807) is 26.4 Å². The Kier molecular flexibility index (Phi) is 3.66. The molecule has 1 atom stereocenters. The molecule has 0 fully saturated rings. The molecule has 2 aromatic rings. The van der Waals surface area contributed by atoms with Crippen LogP contribution in [-0.4, -0.2) is 25.5 Å². The number of rotatable bonds is 3. The number of nitriles is 1. The molecule has 0 saturated carbocycles. The average Bonchev–Trinajstić information content (AvgIpc) is 2.96. The van der Waals surface area contributed by atoms with Gasteiger partial charge in [-0.25, -0.2) is 0 Å². The number of nitrogens with zero attached hydrogens (tertiary/aromatic N) is 5. The molecule has 1 N–H and O–H groups in total. The molecular weight excluding hydrogens is 312 g/mol. The van der Waals surface area contributed by atoms with Crippen molar-refractivity contribution in [2.24, 2.45) is 7.05 Å². The molecule has 2 rings (SSSR count). The normalized spacial score (nSPS) is 11.9. The molecule has 98 valence electrons. The molecule has 0 aliphatic heterocycles. The van der Waals surface area contributed by atoms with Crippen molar-refractivity contribution in [1.82, 2.24) is 19.6 Å². The Labute approximate surface area is 117 Å². The Morgan fingerprint density at radius 2 is 2.26 bits per heavy atom. The van der Waals surface area contributed by atoms with Gasteiger partial charge in [0.15, 0.2) is 0 Å². The van der Waals surface area contributed by atoms with Crippen LogP contribution in [0.3, 0.4) is 0 Å². The second kappa shape index (κ2) is 5.24. The molecule has 0 spiro atoms. The summed E-state index contributed by atoms with van der Waals surface area (Å²) >= 11 is 3.27. The lowest BCUT2D eigenvalue weighted by atomic mass is 10.3. The molecule has 2 heterocycles. The number of aromatic nitrogens is 4. The fourth-order valence-corrected chi connectivity index (χ4v) is 1.84. The number of carbonyl (C=O) groups is 1. The quantitative estimate of drug-likeness (QED) is 0.926. The van der Waals surface area contributed by atoms with E-state index in [2.05, 4.69) is 31.4 Å². The molecular formula is C11H11BrN6O. The van der Waals surface area contributed by atoms with Crippen LogP contribution in [-0.2, 0) is 11.8 Å². The van der Waals surface area contributed by atoms with Gasteiger partial charge in [0.25, 0.3) is 0 Å². The summed E-state index contributed by atoms with van der Waals surface area (Å²) in [6.45, 7) is 1.72. The van der Waals surface area contributed by atoms with Gasteiger partial charge in [0.05, 0.1) is 16.9 Å². The maximum atomic E-state index is 12.1. The Bertz CT molecular complexity index is 652. The van der Waals surface area contributed by atoms with Gasteiger partial charge in [0.2, 0.25) is 5.91 Å². The van der Waals surface area contributed by atoms with E-state index in [-0.39, 0.29) is 5.91 Å². The first-order valence-electron chi connectivity index (χ1n) is 5.45. The number of carbonyl (C=O) groups excluding carboxylic acids is 1. The summed E-state index contributed by atoms with van der Waals surface area (Å²) in [5.74, 6) is 0.112. The van der Waals surface area contributed by atoms with E-state index in [1.165, 1.54) is 15.6 Å². The molecule has 0 bridgehead atoms. The maximum Gasteiger partial charge on any atom is 0.250 e. The summed E-state index contributed by atoms with van der Waals surface area (Å²) in [6, 6.07) is 1.48. The number of hydrogen-bond acceptors (Lipinski definition) is 4. The standard InChI is InChI=1S/C11H11BrN6O/c1-7(18-6-9(12)5-15-18)11(19)16-10-8(3-13)4-14-17(10)2/h4-7H,1-2H3,(H,16,19). The predicted octanol–water partition coefficient (Wildman–Crippen LogP) is 1.45. The molecule has 1 amide bonds. The van der Waals surface area contributed by atoms with Crippen LogP contribution in [0.2, 0.25) is 0 Å². The number of anilines is 1. The third-order valence-electron chi connectivity index (χ3n) is 2.65. The van der Waals surface area contributed by atoms with Crippen molar-refractivity contribution in [3.63, 3.8) is 0 Å². The molecule has 7 nitrogen and oxygen atoms in total. The van der Waals surface area contributed by atoms with E-state index < -0.39 is 6.04 Å². The third-order valence-corrected chi connectivity index (χ3v) is 3.06. The van der Waals surface area contributed by atoms with Crippen molar-refractivity contribution in [3.05, 3.63) is 28.6 Å². The lowest BCUT2D eigenvalue weighted by Gasteiger charge is -2.12. The Balaban J connectivity index is 2.17. The van der Waals surface area contributed by atoms with E-state index in [4.69, 9.17) is 5.26 Å². The smallest absolute Gasteiger partial charge is 0.250 e. The molecule has 0 aromatic carbocycles. The first-order chi connectivity index (χ1) is 9.02. The van der Waals surface area contributed by atoms with E-state index in [0.29, 0.717) is 11.4 Å². The third kappa shape index (κ3) is 2.66. The molecule has 0 saturated heterocycles. The van der Waals surface area contributed by atoms with Crippen molar-refractivity contribution in [2.75, 3.05) is 5.32 Å². The van der Waals surface area contributed by atoms with Crippen LogP contribution in [0.4, 0.5) is 5.82 Å². The van der Waals surface area contributed by atoms with Gasteiger partial charge in [-0.05, 0) is 22.9 Å². The van der Waals surface area contributed by atoms with Gasteiger partial charge in [-0.2, -0.15) is 15.5 Å². The zero-order valence-corrected chi connectivity index (χ0v) is 11.9. The van der Waals surface area contributed by atoms with Crippen LogP contribution in [0, 0.1) is 11.3 Å². The topological polar surface area (TPSA) is 88.5 Å². The average molecular weight is 323 g/mol. The molecule has 0 radical (unpaired) electrons. The Morgan fingerprint density at radius 1 is 1.53 bits per heavy atom. The Morgan fingerprint density at radius 3 is 2.84 bits per heavy atom. The SMILES string of the molecule is CC(C(=O)Nc1c(C#N)cnn1C)n1cc(Br)cn1.